The van der Waals surface area contributed by atoms with Crippen LogP contribution in [-0.2, 0) is 0 Å². The van der Waals surface area contributed by atoms with Crippen LogP contribution in [0.2, 0.25) is 0 Å². The van der Waals surface area contributed by atoms with E-state index in [1.807, 2.05) is 64.0 Å². The molecule has 1 N–H and O–H groups in total. The van der Waals surface area contributed by atoms with E-state index in [4.69, 9.17) is 4.98 Å². The number of hydrogen-bond donors (Lipinski definition) is 1. The summed E-state index contributed by atoms with van der Waals surface area (Å²) in [6.45, 7) is 6.66. The normalized spacial score (nSPS) is 19.3. The lowest BCUT2D eigenvalue weighted by Gasteiger charge is -2.32. The molecule has 2 amide bonds. The molecule has 0 spiro atoms. The number of amides is 2. The molecular weight excluding hydrogens is 440 g/mol. The van der Waals surface area contributed by atoms with Gasteiger partial charge in [-0.3, -0.25) is 9.59 Å². The van der Waals surface area contributed by atoms with Crippen molar-refractivity contribution >= 4 is 17.3 Å². The largest absolute Gasteiger partial charge is 0.351 e. The molecule has 0 radical (unpaired) electrons. The Morgan fingerprint density at radius 2 is 1.77 bits per heavy atom. The number of hydrogen-bond acceptors (Lipinski definition) is 5. The first-order valence-corrected chi connectivity index (χ1v) is 12.6. The van der Waals surface area contributed by atoms with Gasteiger partial charge in [-0.2, -0.15) is 0 Å². The van der Waals surface area contributed by atoms with Gasteiger partial charge in [-0.15, -0.1) is 0 Å². The number of carbonyl (C=O) groups is 2. The van der Waals surface area contributed by atoms with Crippen molar-refractivity contribution in [2.75, 3.05) is 52.9 Å². The predicted molar refractivity (Wildman–Crippen MR) is 136 cm³/mol. The summed E-state index contributed by atoms with van der Waals surface area (Å²) >= 11 is 0. The number of likely N-dealkylation sites (tertiary alicyclic amines) is 1. The molecule has 0 saturated carbocycles. The SMILES string of the molecule is CN1CCN(CCCNC(=O)c2nc([C@H]3CCCN3C(=O)c3ccccc3)n3ccccc23)CC1. The van der Waals surface area contributed by atoms with Crippen LogP contribution in [0.3, 0.4) is 0 Å². The Hall–Kier alpha value is -3.23. The van der Waals surface area contributed by atoms with E-state index in [1.54, 1.807) is 0 Å². The van der Waals surface area contributed by atoms with Crippen LogP contribution in [0.1, 0.15) is 52.0 Å². The lowest BCUT2D eigenvalue weighted by Crippen LogP contribution is -2.45. The number of fused-ring (bicyclic) bond motifs is 1. The van der Waals surface area contributed by atoms with Crippen molar-refractivity contribution < 1.29 is 9.59 Å². The van der Waals surface area contributed by atoms with E-state index in [1.165, 1.54) is 0 Å². The fourth-order valence-corrected chi connectivity index (χ4v) is 5.15. The second-order valence-corrected chi connectivity index (χ2v) is 9.55. The van der Waals surface area contributed by atoms with Gasteiger partial charge in [-0.25, -0.2) is 4.98 Å². The minimum absolute atomic E-state index is 0.00990. The quantitative estimate of drug-likeness (QED) is 0.533. The van der Waals surface area contributed by atoms with Crippen molar-refractivity contribution in [3.8, 4) is 0 Å². The lowest BCUT2D eigenvalue weighted by atomic mass is 10.1. The van der Waals surface area contributed by atoms with Crippen molar-refractivity contribution in [3.05, 3.63) is 71.8 Å². The summed E-state index contributed by atoms with van der Waals surface area (Å²) < 4.78 is 1.97. The summed E-state index contributed by atoms with van der Waals surface area (Å²) in [5.74, 6) is 0.609. The number of piperazine rings is 1. The van der Waals surface area contributed by atoms with E-state index in [9.17, 15) is 9.59 Å². The highest BCUT2D eigenvalue weighted by Gasteiger charge is 2.34. The topological polar surface area (TPSA) is 73.2 Å². The van der Waals surface area contributed by atoms with Gasteiger partial charge in [0.05, 0.1) is 11.6 Å². The molecule has 0 bridgehead atoms. The number of nitrogens with one attached hydrogen (secondary N) is 1. The molecule has 184 valence electrons. The van der Waals surface area contributed by atoms with Gasteiger partial charge < -0.3 is 24.4 Å². The summed E-state index contributed by atoms with van der Waals surface area (Å²) in [7, 11) is 2.16. The van der Waals surface area contributed by atoms with Crippen LogP contribution in [0.25, 0.3) is 5.52 Å². The van der Waals surface area contributed by atoms with E-state index in [-0.39, 0.29) is 17.9 Å². The standard InChI is InChI=1S/C27H34N6O2/c1-30-17-19-31(20-18-30)14-8-13-28-26(34)24-22-11-5-6-15-32(22)25(29-24)23-12-7-16-33(23)27(35)21-9-3-2-4-10-21/h2-6,9-11,15,23H,7-8,12-14,16-20H2,1H3,(H,28,34)/t23-/m1/s1. The van der Waals surface area contributed by atoms with Gasteiger partial charge in [0.2, 0.25) is 0 Å². The molecule has 4 heterocycles. The Kier molecular flexibility index (Phi) is 7.11. The highest BCUT2D eigenvalue weighted by atomic mass is 16.2. The zero-order valence-corrected chi connectivity index (χ0v) is 20.4. The van der Waals surface area contributed by atoms with Gasteiger partial charge in [0.15, 0.2) is 5.69 Å². The summed E-state index contributed by atoms with van der Waals surface area (Å²) in [5.41, 5.74) is 1.89. The minimum atomic E-state index is -0.156. The van der Waals surface area contributed by atoms with Crippen molar-refractivity contribution in [2.24, 2.45) is 0 Å². The third-order valence-electron chi connectivity index (χ3n) is 7.16. The second kappa shape index (κ2) is 10.6. The molecule has 0 aliphatic carbocycles. The van der Waals surface area contributed by atoms with E-state index < -0.39 is 0 Å². The van der Waals surface area contributed by atoms with E-state index >= 15 is 0 Å². The number of nitrogens with zero attached hydrogens (tertiary/aromatic N) is 5. The highest BCUT2D eigenvalue weighted by Crippen LogP contribution is 2.33. The van der Waals surface area contributed by atoms with Crippen LogP contribution in [0, 0.1) is 0 Å². The molecule has 2 fully saturated rings. The summed E-state index contributed by atoms with van der Waals surface area (Å²) in [5, 5.41) is 3.07. The van der Waals surface area contributed by atoms with Crippen molar-refractivity contribution in [3.63, 3.8) is 0 Å². The van der Waals surface area contributed by atoms with Crippen molar-refractivity contribution in [1.29, 1.82) is 0 Å². The maximum Gasteiger partial charge on any atom is 0.272 e. The minimum Gasteiger partial charge on any atom is -0.351 e. The molecule has 2 saturated heterocycles. The van der Waals surface area contributed by atoms with Gasteiger partial charge >= 0.3 is 0 Å². The molecule has 8 heteroatoms. The first-order chi connectivity index (χ1) is 17.1. The molecular formula is C27H34N6O2. The Bertz CT molecular complexity index is 1170. The predicted octanol–water partition coefficient (Wildman–Crippen LogP) is 2.68. The molecule has 8 nitrogen and oxygen atoms in total. The zero-order chi connectivity index (χ0) is 24.2. The first kappa shape index (κ1) is 23.5. The fourth-order valence-electron chi connectivity index (χ4n) is 5.15. The number of carbonyl (C=O) groups excluding carboxylic acids is 2. The van der Waals surface area contributed by atoms with Crippen LogP contribution < -0.4 is 5.32 Å². The monoisotopic (exact) mass is 474 g/mol. The number of benzene rings is 1. The molecule has 3 aromatic rings. The molecule has 0 unspecified atom stereocenters. The number of likely N-dealkylation sites (N-methyl/N-ethyl adjacent to an activating group) is 1. The molecule has 1 aromatic carbocycles. The van der Waals surface area contributed by atoms with Crippen molar-refractivity contribution in [2.45, 2.75) is 25.3 Å². The molecule has 35 heavy (non-hydrogen) atoms. The van der Waals surface area contributed by atoms with Gasteiger partial charge in [0, 0.05) is 51.0 Å². The number of aromatic nitrogens is 2. The Balaban J connectivity index is 1.29. The molecule has 2 aromatic heterocycles. The van der Waals surface area contributed by atoms with E-state index in [0.29, 0.717) is 24.3 Å². The van der Waals surface area contributed by atoms with Crippen LogP contribution in [0.4, 0.5) is 0 Å². The molecule has 2 aliphatic heterocycles. The van der Waals surface area contributed by atoms with E-state index in [0.717, 1.165) is 63.3 Å². The van der Waals surface area contributed by atoms with Gasteiger partial charge in [0.1, 0.15) is 5.82 Å². The highest BCUT2D eigenvalue weighted by molar-refractivity contribution is 5.99. The third-order valence-corrected chi connectivity index (χ3v) is 7.16. The average Bonchev–Trinajstić information content (AvgIpc) is 3.53. The smallest absolute Gasteiger partial charge is 0.272 e. The van der Waals surface area contributed by atoms with Crippen molar-refractivity contribution in [1.82, 2.24) is 29.4 Å². The van der Waals surface area contributed by atoms with Crippen LogP contribution >= 0.6 is 0 Å². The zero-order valence-electron chi connectivity index (χ0n) is 20.4. The van der Waals surface area contributed by atoms with Gasteiger partial charge in [0.25, 0.3) is 11.8 Å². The van der Waals surface area contributed by atoms with Gasteiger partial charge in [-0.1, -0.05) is 24.3 Å². The molecule has 1 atom stereocenters. The maximum atomic E-state index is 13.2. The Morgan fingerprint density at radius 3 is 2.57 bits per heavy atom. The number of imidazole rings is 1. The van der Waals surface area contributed by atoms with Crippen LogP contribution in [-0.4, -0.2) is 88.8 Å². The van der Waals surface area contributed by atoms with Crippen LogP contribution in [0.15, 0.2) is 54.7 Å². The lowest BCUT2D eigenvalue weighted by molar-refractivity contribution is 0.0729. The maximum absolute atomic E-state index is 13.2. The number of pyridine rings is 1. The Morgan fingerprint density at radius 1 is 1.00 bits per heavy atom. The fraction of sp³-hybridized carbons (Fsp3) is 0.444. The Labute approximate surface area is 206 Å². The average molecular weight is 475 g/mol. The molecule has 5 rings (SSSR count). The third kappa shape index (κ3) is 5.09. The summed E-state index contributed by atoms with van der Waals surface area (Å²) in [6, 6.07) is 15.0. The van der Waals surface area contributed by atoms with Gasteiger partial charge in [-0.05, 0) is 57.1 Å². The first-order valence-electron chi connectivity index (χ1n) is 12.6. The van der Waals surface area contributed by atoms with Crippen LogP contribution in [0.5, 0.6) is 0 Å². The summed E-state index contributed by atoms with van der Waals surface area (Å²) in [6.07, 6.45) is 4.60. The number of rotatable bonds is 7. The summed E-state index contributed by atoms with van der Waals surface area (Å²) in [4.78, 5) is 37.9. The molecule has 2 aliphatic rings. The second-order valence-electron chi connectivity index (χ2n) is 9.55. The van der Waals surface area contributed by atoms with E-state index in [2.05, 4.69) is 22.2 Å².